The predicted octanol–water partition coefficient (Wildman–Crippen LogP) is 4.05. The van der Waals surface area contributed by atoms with Crippen LogP contribution in [0.5, 0.6) is 11.5 Å². The number of carbonyl (C=O) groups excluding carboxylic acids is 1. The Kier molecular flexibility index (Phi) is 4.04. The first-order chi connectivity index (χ1) is 14.5. The Bertz CT molecular complexity index is 895. The number of hydrogen-bond donors (Lipinski definition) is 1. The molecule has 0 radical (unpaired) electrons. The zero-order chi connectivity index (χ0) is 20.7. The molecule has 1 aromatic rings. The van der Waals surface area contributed by atoms with Crippen molar-refractivity contribution >= 4 is 5.91 Å². The quantitative estimate of drug-likeness (QED) is 0.811. The molecule has 4 fully saturated rings. The summed E-state index contributed by atoms with van der Waals surface area (Å²) in [5.41, 5.74) is 3.51. The van der Waals surface area contributed by atoms with Gasteiger partial charge in [0, 0.05) is 19.8 Å². The molecule has 1 aromatic carbocycles. The van der Waals surface area contributed by atoms with Gasteiger partial charge in [-0.25, -0.2) is 0 Å². The number of rotatable bonds is 4. The molecule has 1 aliphatic heterocycles. The van der Waals surface area contributed by atoms with Gasteiger partial charge in [0.05, 0.1) is 20.3 Å². The highest BCUT2D eigenvalue weighted by Gasteiger charge is 2.71. The SMILES string of the molecule is COc1cc2c(cc1OC)C1(CCN([C@H]3CC45C[C@H]4CC[C@@H]35)CC1)C[C@@H]2NC(C)=O.[HH]. The number of hydrogen-bond acceptors (Lipinski definition) is 4. The maximum Gasteiger partial charge on any atom is 0.217 e. The molecule has 6 rings (SSSR count). The summed E-state index contributed by atoms with van der Waals surface area (Å²) in [5, 5.41) is 3.21. The molecule has 5 heteroatoms. The Morgan fingerprint density at radius 3 is 2.47 bits per heavy atom. The molecule has 1 N–H and O–H groups in total. The van der Waals surface area contributed by atoms with E-state index < -0.39 is 0 Å². The summed E-state index contributed by atoms with van der Waals surface area (Å²) >= 11 is 0. The van der Waals surface area contributed by atoms with Gasteiger partial charge in [-0.2, -0.15) is 0 Å². The van der Waals surface area contributed by atoms with Crippen LogP contribution in [-0.4, -0.2) is 44.2 Å². The van der Waals surface area contributed by atoms with E-state index in [-0.39, 0.29) is 18.8 Å². The van der Waals surface area contributed by atoms with Crippen LogP contribution in [0.1, 0.15) is 70.5 Å². The number of nitrogens with zero attached hydrogens (tertiary/aromatic N) is 1. The summed E-state index contributed by atoms with van der Waals surface area (Å²) in [7, 11) is 3.39. The van der Waals surface area contributed by atoms with Gasteiger partial charge in [0.2, 0.25) is 5.91 Å². The Labute approximate surface area is 181 Å². The van der Waals surface area contributed by atoms with Crippen LogP contribution in [0.25, 0.3) is 0 Å². The van der Waals surface area contributed by atoms with E-state index in [1.54, 1.807) is 21.1 Å². The molecule has 3 saturated carbocycles. The van der Waals surface area contributed by atoms with Crippen LogP contribution in [0, 0.1) is 17.3 Å². The normalized spacial score (nSPS) is 37.7. The number of fused-ring (bicyclic) bond motifs is 2. The van der Waals surface area contributed by atoms with E-state index in [0.717, 1.165) is 41.2 Å². The molecule has 1 heterocycles. The van der Waals surface area contributed by atoms with E-state index in [1.165, 1.54) is 62.7 Å². The minimum absolute atomic E-state index is 0. The molecule has 1 saturated heterocycles. The van der Waals surface area contributed by atoms with E-state index >= 15 is 0 Å². The summed E-state index contributed by atoms with van der Waals surface area (Å²) in [6.45, 7) is 3.98. The van der Waals surface area contributed by atoms with Crippen molar-refractivity contribution in [2.24, 2.45) is 17.3 Å². The van der Waals surface area contributed by atoms with Crippen molar-refractivity contribution in [3.05, 3.63) is 23.3 Å². The third-order valence-electron chi connectivity index (χ3n) is 9.60. The lowest BCUT2D eigenvalue weighted by molar-refractivity contribution is -0.119. The topological polar surface area (TPSA) is 50.8 Å². The lowest BCUT2D eigenvalue weighted by atomic mass is 9.65. The van der Waals surface area contributed by atoms with Crippen LogP contribution >= 0.6 is 0 Å². The lowest BCUT2D eigenvalue weighted by Crippen LogP contribution is -2.56. The fourth-order valence-electron chi connectivity index (χ4n) is 8.03. The monoisotopic (exact) mass is 412 g/mol. The second-order valence-electron chi connectivity index (χ2n) is 10.7. The van der Waals surface area contributed by atoms with Crippen LogP contribution in [0.15, 0.2) is 12.1 Å². The van der Waals surface area contributed by atoms with Gasteiger partial charge in [-0.3, -0.25) is 4.79 Å². The van der Waals surface area contributed by atoms with Gasteiger partial charge in [0.25, 0.3) is 0 Å². The standard InChI is InChI=1S/C25H34N2O3.H2/c1-15(28)26-20-13-24(19-11-23(30-3)22(29-2)10-17(19)20)6-8-27(9-7-24)21-14-25-12-16(25)4-5-18(21)25;/h10-11,16,18,20-21H,4-9,12-14H2,1-3H3,(H,26,28);1H/t16-,18+,20+,21+,25?;/m1./s1. The Hall–Kier alpha value is -1.75. The van der Waals surface area contributed by atoms with Crippen LogP contribution in [-0.2, 0) is 10.2 Å². The second-order valence-corrected chi connectivity index (χ2v) is 10.7. The molecule has 30 heavy (non-hydrogen) atoms. The average molecular weight is 413 g/mol. The number of ether oxygens (including phenoxy) is 2. The van der Waals surface area contributed by atoms with Gasteiger partial charge in [-0.05, 0) is 98.5 Å². The molecule has 1 amide bonds. The van der Waals surface area contributed by atoms with Gasteiger partial charge in [0.15, 0.2) is 11.5 Å². The van der Waals surface area contributed by atoms with Crippen molar-refractivity contribution in [2.45, 2.75) is 69.4 Å². The number of nitrogens with one attached hydrogen (secondary N) is 1. The van der Waals surface area contributed by atoms with Crippen molar-refractivity contribution in [2.75, 3.05) is 27.3 Å². The highest BCUT2D eigenvalue weighted by Crippen LogP contribution is 2.76. The number of piperidine rings is 1. The molecular weight excluding hydrogens is 376 g/mol. The van der Waals surface area contributed by atoms with E-state index in [2.05, 4.69) is 22.3 Å². The van der Waals surface area contributed by atoms with Crippen molar-refractivity contribution in [3.8, 4) is 11.5 Å². The first kappa shape index (κ1) is 19.0. The number of carbonyl (C=O) groups is 1. The van der Waals surface area contributed by atoms with Crippen LogP contribution in [0.4, 0.5) is 0 Å². The zero-order valence-corrected chi connectivity index (χ0v) is 18.5. The largest absolute Gasteiger partial charge is 0.493 e. The molecule has 5 nitrogen and oxygen atoms in total. The van der Waals surface area contributed by atoms with Crippen LogP contribution < -0.4 is 14.8 Å². The van der Waals surface area contributed by atoms with Crippen molar-refractivity contribution < 1.29 is 15.7 Å². The maximum absolute atomic E-state index is 11.9. The highest BCUT2D eigenvalue weighted by molar-refractivity contribution is 5.74. The molecule has 164 valence electrons. The fraction of sp³-hybridized carbons (Fsp3) is 0.720. The van der Waals surface area contributed by atoms with Crippen molar-refractivity contribution in [3.63, 3.8) is 0 Å². The minimum atomic E-state index is 0. The van der Waals surface area contributed by atoms with E-state index in [1.807, 2.05) is 0 Å². The van der Waals surface area contributed by atoms with Gasteiger partial charge in [-0.15, -0.1) is 0 Å². The van der Waals surface area contributed by atoms with E-state index in [9.17, 15) is 4.79 Å². The van der Waals surface area contributed by atoms with Crippen LogP contribution in [0.2, 0.25) is 0 Å². The van der Waals surface area contributed by atoms with E-state index in [0.29, 0.717) is 0 Å². The van der Waals surface area contributed by atoms with E-state index in [4.69, 9.17) is 9.47 Å². The molecule has 5 atom stereocenters. The number of methoxy groups -OCH3 is 2. The van der Waals surface area contributed by atoms with Gasteiger partial charge in [-0.1, -0.05) is 0 Å². The number of benzene rings is 1. The summed E-state index contributed by atoms with van der Waals surface area (Å²) in [4.78, 5) is 14.7. The first-order valence-corrected chi connectivity index (χ1v) is 11.8. The highest BCUT2D eigenvalue weighted by atomic mass is 16.5. The molecule has 5 aliphatic rings. The molecule has 0 aromatic heterocycles. The lowest BCUT2D eigenvalue weighted by Gasteiger charge is -2.53. The van der Waals surface area contributed by atoms with Gasteiger partial charge in [0.1, 0.15) is 0 Å². The van der Waals surface area contributed by atoms with Gasteiger partial charge >= 0.3 is 0 Å². The van der Waals surface area contributed by atoms with Gasteiger partial charge < -0.3 is 19.7 Å². The Morgan fingerprint density at radius 2 is 1.83 bits per heavy atom. The number of amides is 1. The maximum atomic E-state index is 11.9. The summed E-state index contributed by atoms with van der Waals surface area (Å²) < 4.78 is 11.2. The second kappa shape index (κ2) is 6.38. The average Bonchev–Trinajstić information content (AvgIpc) is 3.32. The number of likely N-dealkylation sites (tertiary alicyclic amines) is 1. The van der Waals surface area contributed by atoms with Crippen molar-refractivity contribution in [1.29, 1.82) is 0 Å². The third kappa shape index (κ3) is 2.47. The molecule has 0 bridgehead atoms. The van der Waals surface area contributed by atoms with Crippen LogP contribution in [0.3, 0.4) is 0 Å². The summed E-state index contributed by atoms with van der Waals surface area (Å²) in [6, 6.07) is 5.19. The minimum Gasteiger partial charge on any atom is -0.493 e. The summed E-state index contributed by atoms with van der Waals surface area (Å²) in [5.74, 6) is 3.66. The smallest absolute Gasteiger partial charge is 0.217 e. The Morgan fingerprint density at radius 1 is 1.10 bits per heavy atom. The summed E-state index contributed by atoms with van der Waals surface area (Å²) in [6.07, 6.45) is 9.29. The predicted molar refractivity (Wildman–Crippen MR) is 117 cm³/mol. The zero-order valence-electron chi connectivity index (χ0n) is 18.5. The molecule has 4 aliphatic carbocycles. The first-order valence-electron chi connectivity index (χ1n) is 11.8. The Balaban J connectivity index is 0.00000204. The fourth-order valence-corrected chi connectivity index (χ4v) is 8.03. The molecule has 1 unspecified atom stereocenters. The molecular formula is C25H36N2O3. The molecule has 2 spiro atoms. The van der Waals surface area contributed by atoms with Crippen molar-refractivity contribution in [1.82, 2.24) is 10.2 Å². The third-order valence-corrected chi connectivity index (χ3v) is 9.60.